The molecule has 0 radical (unpaired) electrons. The van der Waals surface area contributed by atoms with Crippen molar-refractivity contribution in [1.82, 2.24) is 24.3 Å². The van der Waals surface area contributed by atoms with Gasteiger partial charge in [-0.25, -0.2) is 9.97 Å². The maximum atomic E-state index is 6.29. The first kappa shape index (κ1) is 13.6. The molecule has 20 heavy (non-hydrogen) atoms. The van der Waals surface area contributed by atoms with E-state index in [1.54, 1.807) is 11.3 Å². The molecule has 0 saturated carbocycles. The van der Waals surface area contributed by atoms with Crippen molar-refractivity contribution in [3.8, 4) is 0 Å². The summed E-state index contributed by atoms with van der Waals surface area (Å²) in [4.78, 5) is 9.06. The van der Waals surface area contributed by atoms with Gasteiger partial charge >= 0.3 is 0 Å². The van der Waals surface area contributed by atoms with Crippen LogP contribution in [0.1, 0.15) is 36.4 Å². The van der Waals surface area contributed by atoms with Crippen molar-refractivity contribution < 1.29 is 0 Å². The fraction of sp³-hybridized carbons (Fsp3) is 0.462. The van der Waals surface area contributed by atoms with Crippen LogP contribution < -0.4 is 0 Å². The zero-order valence-electron chi connectivity index (χ0n) is 11.7. The first-order valence-electron chi connectivity index (χ1n) is 6.55. The van der Waals surface area contributed by atoms with Gasteiger partial charge in [-0.1, -0.05) is 6.92 Å². The minimum atomic E-state index is -0.147. The van der Waals surface area contributed by atoms with Gasteiger partial charge in [0.25, 0.3) is 0 Å². The van der Waals surface area contributed by atoms with Crippen molar-refractivity contribution in [2.45, 2.75) is 32.2 Å². The molecule has 0 fully saturated rings. The maximum absolute atomic E-state index is 6.29. The van der Waals surface area contributed by atoms with E-state index in [-0.39, 0.29) is 5.38 Å². The number of aryl methyl sites for hydroxylation is 2. The van der Waals surface area contributed by atoms with E-state index in [4.69, 9.17) is 16.6 Å². The molecule has 5 nitrogen and oxygen atoms in total. The summed E-state index contributed by atoms with van der Waals surface area (Å²) in [6.45, 7) is 4.71. The van der Waals surface area contributed by atoms with E-state index in [0.717, 1.165) is 34.8 Å². The highest BCUT2D eigenvalue weighted by Crippen LogP contribution is 2.27. The zero-order chi connectivity index (χ0) is 14.3. The Morgan fingerprint density at radius 3 is 2.85 bits per heavy atom. The SMILES string of the molecule is CCc1nn(C)c2c1nc(C(C)Cl)n2Cc1cscn1. The van der Waals surface area contributed by atoms with Crippen molar-refractivity contribution in [3.63, 3.8) is 0 Å². The molecule has 1 atom stereocenters. The second-order valence-electron chi connectivity index (χ2n) is 4.75. The molecular weight excluding hydrogens is 294 g/mol. The third-order valence-electron chi connectivity index (χ3n) is 3.32. The molecule has 1 unspecified atom stereocenters. The molecule has 3 rings (SSSR count). The lowest BCUT2D eigenvalue weighted by Gasteiger charge is -2.09. The predicted octanol–water partition coefficient (Wildman–Crippen LogP) is 3.14. The third-order valence-corrected chi connectivity index (χ3v) is 4.15. The fourth-order valence-corrected chi connectivity index (χ4v) is 3.15. The van der Waals surface area contributed by atoms with Crippen molar-refractivity contribution in [2.75, 3.05) is 0 Å². The topological polar surface area (TPSA) is 48.5 Å². The Labute approximate surface area is 126 Å². The molecule has 3 heterocycles. The van der Waals surface area contributed by atoms with Crippen molar-refractivity contribution in [2.24, 2.45) is 7.05 Å². The first-order chi connectivity index (χ1) is 9.61. The molecule has 3 aromatic heterocycles. The lowest BCUT2D eigenvalue weighted by molar-refractivity contribution is 0.677. The van der Waals surface area contributed by atoms with Gasteiger partial charge in [0.1, 0.15) is 11.3 Å². The summed E-state index contributed by atoms with van der Waals surface area (Å²) in [7, 11) is 1.95. The number of rotatable bonds is 4. The highest BCUT2D eigenvalue weighted by molar-refractivity contribution is 7.07. The van der Waals surface area contributed by atoms with E-state index in [2.05, 4.69) is 21.6 Å². The molecule has 0 aromatic carbocycles. The van der Waals surface area contributed by atoms with E-state index in [1.807, 2.05) is 29.5 Å². The number of nitrogens with zero attached hydrogens (tertiary/aromatic N) is 5. The zero-order valence-corrected chi connectivity index (χ0v) is 13.2. The Morgan fingerprint density at radius 1 is 1.45 bits per heavy atom. The van der Waals surface area contributed by atoms with E-state index >= 15 is 0 Å². The van der Waals surface area contributed by atoms with Crippen LogP contribution in [-0.2, 0) is 20.0 Å². The summed E-state index contributed by atoms with van der Waals surface area (Å²) in [5.41, 5.74) is 5.84. The van der Waals surface area contributed by atoms with E-state index in [0.29, 0.717) is 6.54 Å². The minimum absolute atomic E-state index is 0.147. The van der Waals surface area contributed by atoms with Gasteiger partial charge in [0.05, 0.1) is 28.8 Å². The van der Waals surface area contributed by atoms with Gasteiger partial charge < -0.3 is 4.57 Å². The van der Waals surface area contributed by atoms with Gasteiger partial charge in [-0.3, -0.25) is 4.68 Å². The second-order valence-corrected chi connectivity index (χ2v) is 6.12. The van der Waals surface area contributed by atoms with E-state index in [1.165, 1.54) is 0 Å². The van der Waals surface area contributed by atoms with Gasteiger partial charge in [-0.2, -0.15) is 5.10 Å². The Hall–Kier alpha value is -1.40. The molecule has 0 N–H and O–H groups in total. The van der Waals surface area contributed by atoms with Crippen molar-refractivity contribution in [1.29, 1.82) is 0 Å². The summed E-state index contributed by atoms with van der Waals surface area (Å²) in [6.07, 6.45) is 0.862. The summed E-state index contributed by atoms with van der Waals surface area (Å²) in [5, 5.41) is 6.43. The Kier molecular flexibility index (Phi) is 3.52. The van der Waals surface area contributed by atoms with Crippen molar-refractivity contribution >= 4 is 34.1 Å². The minimum Gasteiger partial charge on any atom is -0.306 e. The van der Waals surface area contributed by atoms with E-state index in [9.17, 15) is 0 Å². The van der Waals surface area contributed by atoms with Crippen LogP contribution in [0.3, 0.4) is 0 Å². The van der Waals surface area contributed by atoms with E-state index < -0.39 is 0 Å². The number of imidazole rings is 1. The second kappa shape index (κ2) is 5.18. The van der Waals surface area contributed by atoms with Gasteiger partial charge in [0.2, 0.25) is 0 Å². The number of hydrogen-bond donors (Lipinski definition) is 0. The van der Waals surface area contributed by atoms with Crippen LogP contribution in [-0.4, -0.2) is 24.3 Å². The van der Waals surface area contributed by atoms with Gasteiger partial charge in [-0.05, 0) is 13.3 Å². The summed E-state index contributed by atoms with van der Waals surface area (Å²) >= 11 is 7.89. The molecule has 0 saturated heterocycles. The van der Waals surface area contributed by atoms with Crippen LogP contribution in [0.25, 0.3) is 11.2 Å². The largest absolute Gasteiger partial charge is 0.306 e. The quantitative estimate of drug-likeness (QED) is 0.696. The highest BCUT2D eigenvalue weighted by Gasteiger charge is 2.21. The first-order valence-corrected chi connectivity index (χ1v) is 7.92. The Morgan fingerprint density at radius 2 is 2.25 bits per heavy atom. The molecule has 7 heteroatoms. The fourth-order valence-electron chi connectivity index (χ4n) is 2.43. The van der Waals surface area contributed by atoms with Crippen LogP contribution in [0, 0.1) is 0 Å². The number of thiazole rings is 1. The lowest BCUT2D eigenvalue weighted by atomic mass is 10.3. The molecule has 0 bridgehead atoms. The van der Waals surface area contributed by atoms with Gasteiger partial charge in [-0.15, -0.1) is 22.9 Å². The third kappa shape index (κ3) is 2.13. The molecule has 0 spiro atoms. The van der Waals surface area contributed by atoms with Crippen LogP contribution >= 0.6 is 22.9 Å². The smallest absolute Gasteiger partial charge is 0.159 e. The number of fused-ring (bicyclic) bond motifs is 1. The summed E-state index contributed by atoms with van der Waals surface area (Å²) < 4.78 is 4.00. The highest BCUT2D eigenvalue weighted by atomic mass is 35.5. The molecule has 3 aromatic rings. The number of aromatic nitrogens is 5. The van der Waals surface area contributed by atoms with Crippen LogP contribution in [0.4, 0.5) is 0 Å². The molecular formula is C13H16ClN5S. The monoisotopic (exact) mass is 309 g/mol. The average Bonchev–Trinajstić information content (AvgIpc) is 3.08. The van der Waals surface area contributed by atoms with Crippen LogP contribution in [0.2, 0.25) is 0 Å². The predicted molar refractivity (Wildman–Crippen MR) is 81.4 cm³/mol. The average molecular weight is 310 g/mol. The number of hydrogen-bond acceptors (Lipinski definition) is 4. The maximum Gasteiger partial charge on any atom is 0.159 e. The molecule has 106 valence electrons. The number of alkyl halides is 1. The number of halogens is 1. The summed E-state index contributed by atoms with van der Waals surface area (Å²) in [6, 6.07) is 0. The molecule has 0 aliphatic heterocycles. The molecule has 0 aliphatic carbocycles. The molecule has 0 aliphatic rings. The molecule has 0 amide bonds. The van der Waals surface area contributed by atoms with Crippen LogP contribution in [0.15, 0.2) is 10.9 Å². The Bertz CT molecular complexity index is 726. The normalized spacial score (nSPS) is 13.2. The van der Waals surface area contributed by atoms with Crippen LogP contribution in [0.5, 0.6) is 0 Å². The van der Waals surface area contributed by atoms with Gasteiger partial charge in [0, 0.05) is 12.4 Å². The Balaban J connectivity index is 2.20. The van der Waals surface area contributed by atoms with Crippen molar-refractivity contribution in [3.05, 3.63) is 28.1 Å². The van der Waals surface area contributed by atoms with Gasteiger partial charge in [0.15, 0.2) is 5.65 Å². The standard InChI is InChI=1S/C13H16ClN5S/c1-4-10-11-13(18(3)17-10)19(12(16-11)8(2)14)5-9-6-20-7-15-9/h6-8H,4-5H2,1-3H3. The lowest BCUT2D eigenvalue weighted by Crippen LogP contribution is -2.09. The summed E-state index contributed by atoms with van der Waals surface area (Å²) in [5.74, 6) is 0.873.